The van der Waals surface area contributed by atoms with Gasteiger partial charge in [-0.2, -0.15) is 0 Å². The summed E-state index contributed by atoms with van der Waals surface area (Å²) in [5.74, 6) is 0.927. The van der Waals surface area contributed by atoms with Crippen LogP contribution in [0.3, 0.4) is 0 Å². The summed E-state index contributed by atoms with van der Waals surface area (Å²) in [6.45, 7) is 3.26. The van der Waals surface area contributed by atoms with Crippen molar-refractivity contribution in [1.29, 1.82) is 0 Å². The number of nitrogens with one attached hydrogen (secondary N) is 1. The van der Waals surface area contributed by atoms with Crippen LogP contribution in [0.4, 0.5) is 0 Å². The van der Waals surface area contributed by atoms with Crippen LogP contribution >= 0.6 is 0 Å². The molecule has 2 saturated carbocycles. The number of amides is 1. The van der Waals surface area contributed by atoms with Crippen molar-refractivity contribution in [3.63, 3.8) is 0 Å². The number of carbonyl (C=O) groups excluding carboxylic acids is 1. The summed E-state index contributed by atoms with van der Waals surface area (Å²) in [6.07, 6.45) is 8.34. The molecule has 108 valence electrons. The van der Waals surface area contributed by atoms with E-state index in [1.54, 1.807) is 0 Å². The zero-order valence-electron chi connectivity index (χ0n) is 11.8. The standard InChI is InChI=1S/C15H27N3O/c16-14-4-2-1-3-13(14)15(19)17-9-11-7-8-18(10-11)12-5-6-12/h11-14H,1-10,16H2,(H,17,19). The Morgan fingerprint density at radius 1 is 1.16 bits per heavy atom. The topological polar surface area (TPSA) is 58.4 Å². The highest BCUT2D eigenvalue weighted by molar-refractivity contribution is 5.79. The number of nitrogens with zero attached hydrogens (tertiary/aromatic N) is 1. The molecule has 3 aliphatic rings. The van der Waals surface area contributed by atoms with Gasteiger partial charge >= 0.3 is 0 Å². The van der Waals surface area contributed by atoms with Crippen LogP contribution in [0, 0.1) is 11.8 Å². The van der Waals surface area contributed by atoms with Gasteiger partial charge in [-0.25, -0.2) is 0 Å². The molecule has 3 unspecified atom stereocenters. The monoisotopic (exact) mass is 265 g/mol. The summed E-state index contributed by atoms with van der Waals surface area (Å²) in [5.41, 5.74) is 6.06. The molecular weight excluding hydrogens is 238 g/mol. The molecule has 19 heavy (non-hydrogen) atoms. The lowest BCUT2D eigenvalue weighted by Gasteiger charge is -2.28. The Kier molecular flexibility index (Phi) is 4.08. The molecule has 3 atom stereocenters. The van der Waals surface area contributed by atoms with Crippen LogP contribution in [0.2, 0.25) is 0 Å². The highest BCUT2D eigenvalue weighted by Gasteiger charge is 2.35. The van der Waals surface area contributed by atoms with Gasteiger partial charge in [-0.05, 0) is 44.6 Å². The second-order valence-electron chi connectivity index (χ2n) is 6.68. The normalized spacial score (nSPS) is 36.4. The average molecular weight is 265 g/mol. The molecule has 1 amide bonds. The fraction of sp³-hybridized carbons (Fsp3) is 0.933. The number of rotatable bonds is 4. The molecule has 3 rings (SSSR count). The quantitative estimate of drug-likeness (QED) is 0.800. The van der Waals surface area contributed by atoms with E-state index in [0.717, 1.165) is 31.8 Å². The predicted octanol–water partition coefficient (Wildman–Crippen LogP) is 1.10. The van der Waals surface area contributed by atoms with Gasteiger partial charge in [-0.1, -0.05) is 12.8 Å². The Balaban J connectivity index is 1.40. The Hall–Kier alpha value is -0.610. The zero-order chi connectivity index (χ0) is 13.2. The van der Waals surface area contributed by atoms with E-state index in [4.69, 9.17) is 5.73 Å². The van der Waals surface area contributed by atoms with Crippen molar-refractivity contribution in [2.75, 3.05) is 19.6 Å². The minimum Gasteiger partial charge on any atom is -0.355 e. The molecule has 1 aliphatic heterocycles. The second-order valence-corrected chi connectivity index (χ2v) is 6.68. The van der Waals surface area contributed by atoms with Crippen LogP contribution in [-0.2, 0) is 4.79 Å². The Morgan fingerprint density at radius 2 is 1.95 bits per heavy atom. The van der Waals surface area contributed by atoms with E-state index >= 15 is 0 Å². The van der Waals surface area contributed by atoms with Crippen molar-refractivity contribution in [2.24, 2.45) is 17.6 Å². The number of hydrogen-bond acceptors (Lipinski definition) is 3. The largest absolute Gasteiger partial charge is 0.355 e. The Morgan fingerprint density at radius 3 is 2.68 bits per heavy atom. The molecule has 0 aromatic rings. The van der Waals surface area contributed by atoms with E-state index in [-0.39, 0.29) is 17.9 Å². The molecule has 4 nitrogen and oxygen atoms in total. The van der Waals surface area contributed by atoms with Crippen LogP contribution in [0.25, 0.3) is 0 Å². The summed E-state index contributed by atoms with van der Waals surface area (Å²) in [5, 5.41) is 3.16. The molecule has 3 N–H and O–H groups in total. The zero-order valence-corrected chi connectivity index (χ0v) is 11.8. The van der Waals surface area contributed by atoms with E-state index in [2.05, 4.69) is 10.2 Å². The van der Waals surface area contributed by atoms with Crippen molar-refractivity contribution in [3.8, 4) is 0 Å². The summed E-state index contributed by atoms with van der Waals surface area (Å²) < 4.78 is 0. The van der Waals surface area contributed by atoms with Crippen LogP contribution in [0.5, 0.6) is 0 Å². The lowest BCUT2D eigenvalue weighted by Crippen LogP contribution is -2.45. The Labute approximate surface area is 116 Å². The van der Waals surface area contributed by atoms with Crippen molar-refractivity contribution in [2.45, 2.75) is 57.0 Å². The van der Waals surface area contributed by atoms with Crippen LogP contribution in [-0.4, -0.2) is 42.5 Å². The van der Waals surface area contributed by atoms with Crippen molar-refractivity contribution < 1.29 is 4.79 Å². The maximum Gasteiger partial charge on any atom is 0.224 e. The summed E-state index contributed by atoms with van der Waals surface area (Å²) >= 11 is 0. The lowest BCUT2D eigenvalue weighted by atomic mass is 9.84. The third-order valence-electron chi connectivity index (χ3n) is 5.10. The van der Waals surface area contributed by atoms with E-state index < -0.39 is 0 Å². The van der Waals surface area contributed by atoms with Gasteiger partial charge in [0, 0.05) is 25.2 Å². The molecule has 3 fully saturated rings. The fourth-order valence-corrected chi connectivity index (χ4v) is 3.66. The number of likely N-dealkylation sites (tertiary alicyclic amines) is 1. The van der Waals surface area contributed by atoms with Crippen molar-refractivity contribution in [1.82, 2.24) is 10.2 Å². The van der Waals surface area contributed by atoms with Gasteiger partial charge in [0.05, 0.1) is 5.92 Å². The summed E-state index contributed by atoms with van der Waals surface area (Å²) in [4.78, 5) is 14.8. The maximum atomic E-state index is 12.2. The molecule has 0 aromatic heterocycles. The van der Waals surface area contributed by atoms with Gasteiger partial charge in [-0.3, -0.25) is 4.79 Å². The van der Waals surface area contributed by atoms with Crippen molar-refractivity contribution >= 4 is 5.91 Å². The lowest BCUT2D eigenvalue weighted by molar-refractivity contribution is -0.126. The van der Waals surface area contributed by atoms with Gasteiger partial charge in [0.15, 0.2) is 0 Å². The highest BCUT2D eigenvalue weighted by Crippen LogP contribution is 2.31. The molecule has 4 heteroatoms. The first-order valence-corrected chi connectivity index (χ1v) is 8.01. The molecule has 2 aliphatic carbocycles. The van der Waals surface area contributed by atoms with Gasteiger partial charge in [0.1, 0.15) is 0 Å². The van der Waals surface area contributed by atoms with Crippen molar-refractivity contribution in [3.05, 3.63) is 0 Å². The minimum atomic E-state index is 0.0645. The number of nitrogens with two attached hydrogens (primary N) is 1. The molecule has 0 bridgehead atoms. The highest BCUT2D eigenvalue weighted by atomic mass is 16.1. The van der Waals surface area contributed by atoms with E-state index in [1.807, 2.05) is 0 Å². The maximum absolute atomic E-state index is 12.2. The van der Waals surface area contributed by atoms with Crippen LogP contribution < -0.4 is 11.1 Å². The fourth-order valence-electron chi connectivity index (χ4n) is 3.66. The van der Waals surface area contributed by atoms with E-state index in [1.165, 1.54) is 38.8 Å². The Bertz CT molecular complexity index is 329. The van der Waals surface area contributed by atoms with Gasteiger partial charge in [0.2, 0.25) is 5.91 Å². The van der Waals surface area contributed by atoms with Crippen LogP contribution in [0.1, 0.15) is 44.9 Å². The van der Waals surface area contributed by atoms with E-state index in [9.17, 15) is 4.79 Å². The first-order valence-electron chi connectivity index (χ1n) is 8.01. The first-order chi connectivity index (χ1) is 9.24. The second kappa shape index (κ2) is 5.80. The molecule has 0 aromatic carbocycles. The molecule has 0 radical (unpaired) electrons. The third kappa shape index (κ3) is 3.29. The SMILES string of the molecule is NC1CCCCC1C(=O)NCC1CCN(C2CC2)C1. The first kappa shape index (κ1) is 13.4. The average Bonchev–Trinajstić information content (AvgIpc) is 3.16. The van der Waals surface area contributed by atoms with E-state index in [0.29, 0.717) is 5.92 Å². The number of hydrogen-bond donors (Lipinski definition) is 2. The third-order valence-corrected chi connectivity index (χ3v) is 5.10. The predicted molar refractivity (Wildman–Crippen MR) is 75.6 cm³/mol. The molecule has 0 spiro atoms. The summed E-state index contributed by atoms with van der Waals surface area (Å²) in [7, 11) is 0. The van der Waals surface area contributed by atoms with Gasteiger partial charge in [0.25, 0.3) is 0 Å². The molecule has 1 heterocycles. The van der Waals surface area contributed by atoms with Gasteiger partial charge < -0.3 is 16.0 Å². The number of carbonyl (C=O) groups is 1. The molecular formula is C15H27N3O. The summed E-state index contributed by atoms with van der Waals surface area (Å²) in [6, 6.07) is 0.952. The molecule has 1 saturated heterocycles. The smallest absolute Gasteiger partial charge is 0.224 e. The van der Waals surface area contributed by atoms with Crippen LogP contribution in [0.15, 0.2) is 0 Å². The van der Waals surface area contributed by atoms with Gasteiger partial charge in [-0.15, -0.1) is 0 Å². The minimum absolute atomic E-state index is 0.0645.